The molecule has 0 saturated heterocycles. The maximum absolute atomic E-state index is 11.5. The van der Waals surface area contributed by atoms with Gasteiger partial charge in [-0.2, -0.15) is 0 Å². The first kappa shape index (κ1) is 20.9. The highest BCUT2D eigenvalue weighted by Gasteiger charge is 2.25. The van der Waals surface area contributed by atoms with Gasteiger partial charge < -0.3 is 24.8 Å². The number of aromatic hydroxyl groups is 2. The lowest BCUT2D eigenvalue weighted by atomic mass is 10.1. The van der Waals surface area contributed by atoms with E-state index in [1.165, 1.54) is 6.07 Å². The van der Waals surface area contributed by atoms with Gasteiger partial charge in [0.25, 0.3) is 0 Å². The van der Waals surface area contributed by atoms with Crippen molar-refractivity contribution in [3.63, 3.8) is 0 Å². The average Bonchev–Trinajstić information content (AvgIpc) is 2.57. The van der Waals surface area contributed by atoms with Gasteiger partial charge >= 0.3 is 5.97 Å². The lowest BCUT2D eigenvalue weighted by molar-refractivity contribution is 0.0686. The van der Waals surface area contributed by atoms with E-state index in [1.54, 1.807) is 0 Å². The summed E-state index contributed by atoms with van der Waals surface area (Å²) in [5.74, 6) is -2.46. The molecule has 0 heterocycles. The second-order valence-corrected chi connectivity index (χ2v) is 6.07. The second-order valence-electron chi connectivity index (χ2n) is 6.07. The predicted octanol–water partition coefficient (Wildman–Crippen LogP) is 4.71. The number of benzene rings is 1. The van der Waals surface area contributed by atoms with Crippen molar-refractivity contribution in [1.82, 2.24) is 0 Å². The van der Waals surface area contributed by atoms with E-state index >= 15 is 0 Å². The van der Waals surface area contributed by atoms with Crippen LogP contribution in [0.4, 0.5) is 0 Å². The van der Waals surface area contributed by atoms with Crippen LogP contribution in [0.2, 0.25) is 0 Å². The van der Waals surface area contributed by atoms with E-state index in [-0.39, 0.29) is 11.5 Å². The van der Waals surface area contributed by atoms with Gasteiger partial charge in [-0.25, -0.2) is 4.79 Å². The molecule has 0 spiro atoms. The van der Waals surface area contributed by atoms with Crippen LogP contribution in [-0.2, 0) is 0 Å². The summed E-state index contributed by atoms with van der Waals surface area (Å²) in [5.41, 5.74) is -0.459. The SMILES string of the molecule is CCCCCCOc1cc(O)c(O)c(C(=O)O)c1OCCCCCC. The fraction of sp³-hybridized carbons (Fsp3) is 0.632. The standard InChI is InChI=1S/C19H30O6/c1-3-5-7-9-11-24-15-13-14(20)17(21)16(19(22)23)18(15)25-12-10-8-6-4-2/h13,20-21H,3-12H2,1-2H3,(H,22,23). The quantitative estimate of drug-likeness (QED) is 0.350. The Morgan fingerprint density at radius 1 is 0.920 bits per heavy atom. The molecule has 0 radical (unpaired) electrons. The van der Waals surface area contributed by atoms with Gasteiger partial charge in [0, 0.05) is 6.07 Å². The summed E-state index contributed by atoms with van der Waals surface area (Å²) in [5, 5.41) is 29.0. The fourth-order valence-corrected chi connectivity index (χ4v) is 2.48. The van der Waals surface area contributed by atoms with E-state index in [2.05, 4.69) is 13.8 Å². The number of phenols is 2. The van der Waals surface area contributed by atoms with E-state index in [1.807, 2.05) is 0 Å². The van der Waals surface area contributed by atoms with Crippen molar-refractivity contribution < 1.29 is 29.6 Å². The number of ether oxygens (including phenoxy) is 2. The highest BCUT2D eigenvalue weighted by Crippen LogP contribution is 2.43. The number of phenolic OH excluding ortho intramolecular Hbond substituents is 1. The Hall–Kier alpha value is -2.11. The minimum absolute atomic E-state index is 0.0187. The molecule has 0 aliphatic rings. The first-order valence-corrected chi connectivity index (χ1v) is 9.10. The summed E-state index contributed by atoms with van der Waals surface area (Å²) in [6.07, 6.45) is 7.98. The van der Waals surface area contributed by atoms with Crippen molar-refractivity contribution in [3.05, 3.63) is 11.6 Å². The molecular formula is C19H30O6. The van der Waals surface area contributed by atoms with Crippen molar-refractivity contribution in [2.45, 2.75) is 65.2 Å². The largest absolute Gasteiger partial charge is 0.504 e. The van der Waals surface area contributed by atoms with Crippen molar-refractivity contribution in [1.29, 1.82) is 0 Å². The highest BCUT2D eigenvalue weighted by molar-refractivity contribution is 5.96. The molecule has 0 amide bonds. The lowest BCUT2D eigenvalue weighted by Gasteiger charge is -2.17. The molecule has 1 aromatic rings. The van der Waals surface area contributed by atoms with Crippen molar-refractivity contribution in [2.75, 3.05) is 13.2 Å². The summed E-state index contributed by atoms with van der Waals surface area (Å²) >= 11 is 0. The summed E-state index contributed by atoms with van der Waals surface area (Å²) in [7, 11) is 0. The molecule has 6 heteroatoms. The highest BCUT2D eigenvalue weighted by atomic mass is 16.5. The smallest absolute Gasteiger partial charge is 0.343 e. The zero-order chi connectivity index (χ0) is 18.7. The van der Waals surface area contributed by atoms with E-state index in [0.29, 0.717) is 13.2 Å². The van der Waals surface area contributed by atoms with E-state index in [4.69, 9.17) is 9.47 Å². The van der Waals surface area contributed by atoms with Gasteiger partial charge in [0.15, 0.2) is 28.6 Å². The number of hydrogen-bond donors (Lipinski definition) is 3. The molecular weight excluding hydrogens is 324 g/mol. The average molecular weight is 354 g/mol. The lowest BCUT2D eigenvalue weighted by Crippen LogP contribution is -2.08. The van der Waals surface area contributed by atoms with Gasteiger partial charge in [0.1, 0.15) is 0 Å². The van der Waals surface area contributed by atoms with Crippen LogP contribution in [0.15, 0.2) is 6.07 Å². The van der Waals surface area contributed by atoms with E-state index < -0.39 is 23.0 Å². The zero-order valence-corrected chi connectivity index (χ0v) is 15.2. The number of carboxylic acids is 1. The monoisotopic (exact) mass is 354 g/mol. The molecule has 142 valence electrons. The fourth-order valence-electron chi connectivity index (χ4n) is 2.48. The Balaban J connectivity index is 2.89. The summed E-state index contributed by atoms with van der Waals surface area (Å²) in [6.45, 7) is 4.94. The van der Waals surface area contributed by atoms with Crippen LogP contribution >= 0.6 is 0 Å². The van der Waals surface area contributed by atoms with Crippen LogP contribution in [0.1, 0.15) is 75.6 Å². The van der Waals surface area contributed by atoms with Crippen LogP contribution in [0.25, 0.3) is 0 Å². The number of carbonyl (C=O) groups is 1. The van der Waals surface area contributed by atoms with Crippen LogP contribution in [0.3, 0.4) is 0 Å². The Bertz CT molecular complexity index is 541. The van der Waals surface area contributed by atoms with Gasteiger partial charge in [0.2, 0.25) is 0 Å². The topological polar surface area (TPSA) is 96.2 Å². The molecule has 6 nitrogen and oxygen atoms in total. The van der Waals surface area contributed by atoms with Crippen LogP contribution in [-0.4, -0.2) is 34.5 Å². The number of carboxylic acid groups (broad SMARTS) is 1. The number of rotatable bonds is 13. The number of unbranched alkanes of at least 4 members (excludes halogenated alkanes) is 6. The normalized spacial score (nSPS) is 10.6. The Labute approximate surface area is 149 Å². The van der Waals surface area contributed by atoms with Crippen molar-refractivity contribution in [3.8, 4) is 23.0 Å². The molecule has 0 saturated carbocycles. The first-order chi connectivity index (χ1) is 12.0. The molecule has 0 aliphatic carbocycles. The van der Waals surface area contributed by atoms with Crippen LogP contribution in [0.5, 0.6) is 23.0 Å². The molecule has 0 fully saturated rings. The third kappa shape index (κ3) is 6.72. The zero-order valence-electron chi connectivity index (χ0n) is 15.2. The minimum atomic E-state index is -1.37. The Morgan fingerprint density at radius 3 is 2.00 bits per heavy atom. The predicted molar refractivity (Wildman–Crippen MR) is 96.0 cm³/mol. The van der Waals surface area contributed by atoms with Crippen LogP contribution in [0, 0.1) is 0 Å². The summed E-state index contributed by atoms with van der Waals surface area (Å²) in [6, 6.07) is 1.21. The molecule has 25 heavy (non-hydrogen) atoms. The maximum Gasteiger partial charge on any atom is 0.343 e. The summed E-state index contributed by atoms with van der Waals surface area (Å²) < 4.78 is 11.2. The Morgan fingerprint density at radius 2 is 1.48 bits per heavy atom. The molecule has 3 N–H and O–H groups in total. The maximum atomic E-state index is 11.5. The number of hydrogen-bond acceptors (Lipinski definition) is 5. The van der Waals surface area contributed by atoms with E-state index in [9.17, 15) is 20.1 Å². The van der Waals surface area contributed by atoms with Crippen molar-refractivity contribution >= 4 is 5.97 Å². The van der Waals surface area contributed by atoms with E-state index in [0.717, 1.165) is 51.4 Å². The third-order valence-corrected chi connectivity index (χ3v) is 3.91. The van der Waals surface area contributed by atoms with Gasteiger partial charge in [-0.15, -0.1) is 0 Å². The molecule has 0 bridgehead atoms. The molecule has 0 aromatic heterocycles. The van der Waals surface area contributed by atoms with Gasteiger partial charge in [-0.1, -0.05) is 52.4 Å². The van der Waals surface area contributed by atoms with Gasteiger partial charge in [-0.05, 0) is 12.8 Å². The molecule has 1 aromatic carbocycles. The molecule has 1 rings (SSSR count). The molecule has 0 atom stereocenters. The summed E-state index contributed by atoms with van der Waals surface area (Å²) in [4.78, 5) is 11.5. The molecule has 0 unspecified atom stereocenters. The van der Waals surface area contributed by atoms with Gasteiger partial charge in [0.05, 0.1) is 13.2 Å². The second kappa shape index (κ2) is 11.4. The minimum Gasteiger partial charge on any atom is -0.504 e. The Kier molecular flexibility index (Phi) is 9.58. The van der Waals surface area contributed by atoms with Gasteiger partial charge in [-0.3, -0.25) is 0 Å². The molecule has 0 aliphatic heterocycles. The first-order valence-electron chi connectivity index (χ1n) is 9.10. The van der Waals surface area contributed by atoms with Crippen molar-refractivity contribution in [2.24, 2.45) is 0 Å². The number of aromatic carboxylic acids is 1. The third-order valence-electron chi connectivity index (χ3n) is 3.91. The van der Waals surface area contributed by atoms with Crippen LogP contribution < -0.4 is 9.47 Å².